The van der Waals surface area contributed by atoms with Gasteiger partial charge in [-0.05, 0) is 30.2 Å². The molecule has 0 aliphatic heterocycles. The van der Waals surface area contributed by atoms with Crippen LogP contribution in [0.25, 0.3) is 0 Å². The Bertz CT molecular complexity index is 508. The zero-order valence-corrected chi connectivity index (χ0v) is 10.2. The Hall–Kier alpha value is -2.03. The molecule has 0 unspecified atom stereocenters. The van der Waals surface area contributed by atoms with Crippen LogP contribution in [-0.4, -0.2) is 12.0 Å². The Balaban J connectivity index is 2.17. The number of benzene rings is 1. The molecule has 2 aromatic rings. The van der Waals surface area contributed by atoms with Gasteiger partial charge in [0.2, 0.25) is 0 Å². The second-order valence-corrected chi connectivity index (χ2v) is 4.29. The lowest BCUT2D eigenvalue weighted by Crippen LogP contribution is -2.17. The van der Waals surface area contributed by atoms with E-state index in [1.807, 2.05) is 50.6 Å². The van der Waals surface area contributed by atoms with E-state index in [-0.39, 0.29) is 0 Å². The zero-order valence-electron chi connectivity index (χ0n) is 10.2. The molecular weight excluding hydrogens is 210 g/mol. The molecule has 0 fully saturated rings. The number of nitrogen functional groups attached to an aromatic ring is 1. The Morgan fingerprint density at radius 1 is 1.24 bits per heavy atom. The van der Waals surface area contributed by atoms with Crippen LogP contribution in [0.15, 0.2) is 42.7 Å². The molecule has 0 saturated heterocycles. The lowest BCUT2D eigenvalue weighted by molar-refractivity contribution is 0.914. The monoisotopic (exact) mass is 227 g/mol. The molecule has 0 amide bonds. The van der Waals surface area contributed by atoms with Crippen molar-refractivity contribution >= 4 is 11.4 Å². The van der Waals surface area contributed by atoms with E-state index in [1.165, 1.54) is 11.1 Å². The van der Waals surface area contributed by atoms with E-state index >= 15 is 0 Å². The molecular formula is C14H17N3. The van der Waals surface area contributed by atoms with Crippen molar-refractivity contribution in [2.45, 2.75) is 13.5 Å². The van der Waals surface area contributed by atoms with Crippen molar-refractivity contribution in [1.82, 2.24) is 4.98 Å². The number of anilines is 2. The molecule has 0 aliphatic rings. The van der Waals surface area contributed by atoms with Gasteiger partial charge in [-0.1, -0.05) is 18.2 Å². The summed E-state index contributed by atoms with van der Waals surface area (Å²) in [6.45, 7) is 2.86. The van der Waals surface area contributed by atoms with E-state index in [0.29, 0.717) is 0 Å². The van der Waals surface area contributed by atoms with Gasteiger partial charge < -0.3 is 10.6 Å². The van der Waals surface area contributed by atoms with Crippen LogP contribution in [0.2, 0.25) is 0 Å². The highest BCUT2D eigenvalue weighted by molar-refractivity contribution is 5.66. The topological polar surface area (TPSA) is 42.2 Å². The Morgan fingerprint density at radius 3 is 2.71 bits per heavy atom. The van der Waals surface area contributed by atoms with Gasteiger partial charge in [-0.3, -0.25) is 4.98 Å². The average molecular weight is 227 g/mol. The third-order valence-corrected chi connectivity index (χ3v) is 2.70. The highest BCUT2D eigenvalue weighted by Gasteiger charge is 2.05. The normalized spacial score (nSPS) is 10.2. The minimum Gasteiger partial charge on any atom is -0.397 e. The van der Waals surface area contributed by atoms with Gasteiger partial charge in [0.1, 0.15) is 0 Å². The molecule has 0 bridgehead atoms. The maximum atomic E-state index is 5.95. The van der Waals surface area contributed by atoms with Gasteiger partial charge in [0, 0.05) is 26.0 Å². The number of aromatic nitrogens is 1. The number of nitrogens with two attached hydrogens (primary N) is 1. The fraction of sp³-hybridized carbons (Fsp3) is 0.214. The molecule has 3 nitrogen and oxygen atoms in total. The number of rotatable bonds is 3. The molecule has 0 radical (unpaired) electrons. The van der Waals surface area contributed by atoms with Crippen molar-refractivity contribution in [2.75, 3.05) is 17.7 Å². The fourth-order valence-electron chi connectivity index (χ4n) is 1.90. The van der Waals surface area contributed by atoms with Crippen LogP contribution in [0.3, 0.4) is 0 Å². The third-order valence-electron chi connectivity index (χ3n) is 2.70. The van der Waals surface area contributed by atoms with E-state index < -0.39 is 0 Å². The second kappa shape index (κ2) is 4.87. The van der Waals surface area contributed by atoms with Crippen molar-refractivity contribution in [3.8, 4) is 0 Å². The van der Waals surface area contributed by atoms with Gasteiger partial charge in [-0.2, -0.15) is 0 Å². The van der Waals surface area contributed by atoms with Crippen LogP contribution < -0.4 is 10.6 Å². The van der Waals surface area contributed by atoms with E-state index in [0.717, 1.165) is 17.9 Å². The minimum atomic E-state index is 0.801. The van der Waals surface area contributed by atoms with Crippen molar-refractivity contribution in [3.63, 3.8) is 0 Å². The molecule has 1 aromatic heterocycles. The van der Waals surface area contributed by atoms with Gasteiger partial charge in [-0.15, -0.1) is 0 Å². The highest BCUT2D eigenvalue weighted by Crippen LogP contribution is 2.22. The number of pyridine rings is 1. The summed E-state index contributed by atoms with van der Waals surface area (Å²) in [5.41, 5.74) is 10.2. The van der Waals surface area contributed by atoms with Crippen LogP contribution in [0.4, 0.5) is 11.4 Å². The number of para-hydroxylation sites is 2. The first-order valence-electron chi connectivity index (χ1n) is 5.63. The van der Waals surface area contributed by atoms with Crippen molar-refractivity contribution in [3.05, 3.63) is 53.9 Å². The maximum Gasteiger partial charge on any atom is 0.0600 e. The number of nitrogens with zero attached hydrogens (tertiary/aromatic N) is 2. The summed E-state index contributed by atoms with van der Waals surface area (Å²) in [6, 6.07) is 10.0. The number of hydrogen-bond donors (Lipinski definition) is 1. The fourth-order valence-corrected chi connectivity index (χ4v) is 1.90. The summed E-state index contributed by atoms with van der Waals surface area (Å²) in [5.74, 6) is 0. The predicted molar refractivity (Wildman–Crippen MR) is 71.9 cm³/mol. The van der Waals surface area contributed by atoms with Gasteiger partial charge in [-0.25, -0.2) is 0 Å². The first kappa shape index (κ1) is 11.5. The third kappa shape index (κ3) is 2.75. The smallest absolute Gasteiger partial charge is 0.0600 e. The standard InChI is InChI=1S/C14H17N3/c1-11-7-12(9-16-8-11)10-17(2)14-6-4-3-5-13(14)15/h3-9H,10,15H2,1-2H3. The summed E-state index contributed by atoms with van der Waals surface area (Å²) in [6.07, 6.45) is 3.75. The molecule has 88 valence electrons. The molecule has 1 heterocycles. The van der Waals surface area contributed by atoms with Crippen molar-refractivity contribution in [1.29, 1.82) is 0 Å². The summed E-state index contributed by atoms with van der Waals surface area (Å²) >= 11 is 0. The molecule has 0 saturated carbocycles. The molecule has 17 heavy (non-hydrogen) atoms. The Kier molecular flexibility index (Phi) is 3.28. The van der Waals surface area contributed by atoms with Crippen molar-refractivity contribution < 1.29 is 0 Å². The summed E-state index contributed by atoms with van der Waals surface area (Å²) in [7, 11) is 2.04. The Morgan fingerprint density at radius 2 is 2.00 bits per heavy atom. The molecule has 0 spiro atoms. The molecule has 0 aliphatic carbocycles. The molecule has 2 N–H and O–H groups in total. The largest absolute Gasteiger partial charge is 0.397 e. The Labute approximate surface area is 102 Å². The van der Waals surface area contributed by atoms with Crippen LogP contribution in [0.5, 0.6) is 0 Å². The van der Waals surface area contributed by atoms with Gasteiger partial charge >= 0.3 is 0 Å². The maximum absolute atomic E-state index is 5.95. The summed E-state index contributed by atoms with van der Waals surface area (Å²) < 4.78 is 0. The van der Waals surface area contributed by atoms with Crippen LogP contribution >= 0.6 is 0 Å². The lowest BCUT2D eigenvalue weighted by atomic mass is 10.2. The van der Waals surface area contributed by atoms with E-state index in [4.69, 9.17) is 5.73 Å². The SMILES string of the molecule is Cc1cncc(CN(C)c2ccccc2N)c1. The first-order chi connectivity index (χ1) is 8.16. The summed E-state index contributed by atoms with van der Waals surface area (Å²) in [4.78, 5) is 6.33. The van der Waals surface area contributed by atoms with Gasteiger partial charge in [0.05, 0.1) is 11.4 Å². The molecule has 2 rings (SSSR count). The molecule has 0 atom stereocenters. The quantitative estimate of drug-likeness (QED) is 0.819. The number of hydrogen-bond acceptors (Lipinski definition) is 3. The van der Waals surface area contributed by atoms with Crippen LogP contribution in [0, 0.1) is 6.92 Å². The highest BCUT2D eigenvalue weighted by atomic mass is 15.1. The number of aryl methyl sites for hydroxylation is 1. The minimum absolute atomic E-state index is 0.801. The molecule has 1 aromatic carbocycles. The second-order valence-electron chi connectivity index (χ2n) is 4.29. The van der Waals surface area contributed by atoms with Crippen LogP contribution in [-0.2, 0) is 6.54 Å². The van der Waals surface area contributed by atoms with E-state index in [9.17, 15) is 0 Å². The molecule has 3 heteroatoms. The average Bonchev–Trinajstić information content (AvgIpc) is 2.29. The van der Waals surface area contributed by atoms with Crippen molar-refractivity contribution in [2.24, 2.45) is 0 Å². The predicted octanol–water partition coefficient (Wildman–Crippen LogP) is 2.61. The van der Waals surface area contributed by atoms with E-state index in [1.54, 1.807) is 0 Å². The van der Waals surface area contributed by atoms with Gasteiger partial charge in [0.25, 0.3) is 0 Å². The van der Waals surface area contributed by atoms with Crippen LogP contribution in [0.1, 0.15) is 11.1 Å². The first-order valence-corrected chi connectivity index (χ1v) is 5.63. The van der Waals surface area contributed by atoms with E-state index in [2.05, 4.69) is 16.0 Å². The summed E-state index contributed by atoms with van der Waals surface area (Å²) in [5, 5.41) is 0. The lowest BCUT2D eigenvalue weighted by Gasteiger charge is -2.21. The van der Waals surface area contributed by atoms with Gasteiger partial charge in [0.15, 0.2) is 0 Å². The zero-order chi connectivity index (χ0) is 12.3.